The fourth-order valence-corrected chi connectivity index (χ4v) is 2.70. The molecule has 0 bridgehead atoms. The van der Waals surface area contributed by atoms with Crippen LogP contribution in [0.5, 0.6) is 0 Å². The molecule has 3 aromatic rings. The maximum atomic E-state index is 3.29. The average Bonchev–Trinajstić information content (AvgIpc) is 2.74. The number of benzene rings is 3. The molecular weight excluding hydrogens is 326 g/mol. The fourth-order valence-electron chi connectivity index (χ4n) is 2.70. The van der Waals surface area contributed by atoms with Gasteiger partial charge in [0.05, 0.1) is 13.1 Å². The summed E-state index contributed by atoms with van der Waals surface area (Å²) >= 11 is 0. The van der Waals surface area contributed by atoms with E-state index in [4.69, 9.17) is 0 Å². The first-order valence-electron chi connectivity index (χ1n) is 9.24. The summed E-state index contributed by atoms with van der Waals surface area (Å²) in [4.78, 5) is 2.30. The molecule has 3 rings (SSSR count). The largest absolute Gasteiger partial charge is 0.281 e. The molecule has 1 heteroatoms. The molecule has 0 aromatic heterocycles. The molecule has 0 aliphatic rings. The minimum atomic E-state index is 0.713. The quantitative estimate of drug-likeness (QED) is 0.607. The Kier molecular flexibility index (Phi) is 7.32. The van der Waals surface area contributed by atoms with Gasteiger partial charge in [0.1, 0.15) is 0 Å². The standard InChI is InChI=1S/C26H23N/c1-4-12-24(13-5-1)18-10-21-27(23-20-26-16-8-3-9-17-26)22-11-19-25-14-6-2-7-15-25/h1-9,12-17H,20-23H2. The van der Waals surface area contributed by atoms with E-state index in [1.165, 1.54) is 5.56 Å². The highest BCUT2D eigenvalue weighted by Gasteiger charge is 2.02. The average molecular weight is 349 g/mol. The van der Waals surface area contributed by atoms with Gasteiger partial charge in [-0.1, -0.05) is 90.4 Å². The van der Waals surface area contributed by atoms with E-state index in [2.05, 4.69) is 58.9 Å². The lowest BCUT2D eigenvalue weighted by Gasteiger charge is -2.16. The van der Waals surface area contributed by atoms with E-state index in [0.29, 0.717) is 13.1 Å². The van der Waals surface area contributed by atoms with Gasteiger partial charge in [0.25, 0.3) is 0 Å². The zero-order chi connectivity index (χ0) is 18.6. The Balaban J connectivity index is 1.62. The molecule has 0 amide bonds. The van der Waals surface area contributed by atoms with E-state index >= 15 is 0 Å². The van der Waals surface area contributed by atoms with Gasteiger partial charge in [0, 0.05) is 17.7 Å². The van der Waals surface area contributed by atoms with Gasteiger partial charge in [-0.2, -0.15) is 0 Å². The van der Waals surface area contributed by atoms with Crippen LogP contribution in [0.1, 0.15) is 16.7 Å². The summed E-state index contributed by atoms with van der Waals surface area (Å²) in [5.74, 6) is 13.1. The second kappa shape index (κ2) is 10.7. The molecule has 27 heavy (non-hydrogen) atoms. The molecule has 0 spiro atoms. The first-order valence-corrected chi connectivity index (χ1v) is 9.24. The predicted molar refractivity (Wildman–Crippen MR) is 113 cm³/mol. The lowest BCUT2D eigenvalue weighted by atomic mass is 10.1. The SMILES string of the molecule is C(#Cc1ccccc1)CN(CC#Cc1ccccc1)CCc1ccccc1. The van der Waals surface area contributed by atoms with Crippen molar-refractivity contribution in [3.8, 4) is 23.7 Å². The monoisotopic (exact) mass is 349 g/mol. The van der Waals surface area contributed by atoms with Gasteiger partial charge in [-0.3, -0.25) is 4.90 Å². The van der Waals surface area contributed by atoms with E-state index in [1.807, 2.05) is 60.7 Å². The zero-order valence-corrected chi connectivity index (χ0v) is 15.4. The minimum absolute atomic E-state index is 0.713. The third-order valence-corrected chi connectivity index (χ3v) is 4.18. The van der Waals surface area contributed by atoms with Crippen molar-refractivity contribution < 1.29 is 0 Å². The lowest BCUT2D eigenvalue weighted by molar-refractivity contribution is 0.349. The Labute approximate surface area is 162 Å². The highest BCUT2D eigenvalue weighted by atomic mass is 15.1. The first kappa shape index (κ1) is 18.5. The molecule has 0 saturated heterocycles. The molecule has 0 radical (unpaired) electrons. The maximum Gasteiger partial charge on any atom is 0.0613 e. The van der Waals surface area contributed by atoms with Crippen LogP contribution in [0.4, 0.5) is 0 Å². The molecule has 0 N–H and O–H groups in total. The van der Waals surface area contributed by atoms with Crippen molar-refractivity contribution in [3.63, 3.8) is 0 Å². The number of hydrogen-bond acceptors (Lipinski definition) is 1. The Bertz CT molecular complexity index is 863. The molecule has 132 valence electrons. The summed E-state index contributed by atoms with van der Waals surface area (Å²) in [5, 5.41) is 0. The smallest absolute Gasteiger partial charge is 0.0613 e. The summed E-state index contributed by atoms with van der Waals surface area (Å²) in [6.07, 6.45) is 1.00. The van der Waals surface area contributed by atoms with E-state index in [-0.39, 0.29) is 0 Å². The van der Waals surface area contributed by atoms with E-state index in [1.54, 1.807) is 0 Å². The van der Waals surface area contributed by atoms with E-state index in [9.17, 15) is 0 Å². The summed E-state index contributed by atoms with van der Waals surface area (Å²) in [7, 11) is 0. The van der Waals surface area contributed by atoms with Crippen molar-refractivity contribution in [2.45, 2.75) is 6.42 Å². The third-order valence-electron chi connectivity index (χ3n) is 4.18. The van der Waals surface area contributed by atoms with Crippen molar-refractivity contribution in [2.24, 2.45) is 0 Å². The van der Waals surface area contributed by atoms with Crippen molar-refractivity contribution >= 4 is 0 Å². The maximum absolute atomic E-state index is 3.29. The molecule has 1 nitrogen and oxygen atoms in total. The summed E-state index contributed by atoms with van der Waals surface area (Å²) in [6, 6.07) is 30.8. The van der Waals surface area contributed by atoms with Crippen LogP contribution in [0, 0.1) is 23.7 Å². The summed E-state index contributed by atoms with van der Waals surface area (Å²) in [6.45, 7) is 2.37. The number of hydrogen-bond donors (Lipinski definition) is 0. The zero-order valence-electron chi connectivity index (χ0n) is 15.4. The molecule has 0 heterocycles. The van der Waals surface area contributed by atoms with Crippen molar-refractivity contribution in [3.05, 3.63) is 108 Å². The van der Waals surface area contributed by atoms with Crippen molar-refractivity contribution in [2.75, 3.05) is 19.6 Å². The van der Waals surface area contributed by atoms with Gasteiger partial charge >= 0.3 is 0 Å². The third kappa shape index (κ3) is 6.87. The second-order valence-electron chi connectivity index (χ2n) is 6.28. The van der Waals surface area contributed by atoms with Gasteiger partial charge in [-0.15, -0.1) is 0 Å². The van der Waals surface area contributed by atoms with Gasteiger partial charge in [-0.05, 0) is 36.2 Å². The van der Waals surface area contributed by atoms with Crippen molar-refractivity contribution in [1.29, 1.82) is 0 Å². The molecule has 0 fully saturated rings. The normalized spacial score (nSPS) is 9.81. The number of nitrogens with zero attached hydrogens (tertiary/aromatic N) is 1. The van der Waals surface area contributed by atoms with E-state index in [0.717, 1.165) is 24.1 Å². The van der Waals surface area contributed by atoms with Gasteiger partial charge in [0.2, 0.25) is 0 Å². The van der Waals surface area contributed by atoms with Crippen molar-refractivity contribution in [1.82, 2.24) is 4.90 Å². The Hall–Kier alpha value is -3.26. The molecule has 0 atom stereocenters. The van der Waals surface area contributed by atoms with Crippen LogP contribution in [-0.4, -0.2) is 24.5 Å². The molecule has 0 unspecified atom stereocenters. The Morgan fingerprint density at radius 3 is 1.48 bits per heavy atom. The first-order chi connectivity index (χ1) is 13.4. The Morgan fingerprint density at radius 1 is 0.556 bits per heavy atom. The summed E-state index contributed by atoms with van der Waals surface area (Å²) < 4.78 is 0. The Morgan fingerprint density at radius 2 is 1.00 bits per heavy atom. The minimum Gasteiger partial charge on any atom is -0.281 e. The fraction of sp³-hybridized carbons (Fsp3) is 0.154. The highest BCUT2D eigenvalue weighted by Crippen LogP contribution is 2.02. The van der Waals surface area contributed by atoms with Gasteiger partial charge < -0.3 is 0 Å². The van der Waals surface area contributed by atoms with Gasteiger partial charge in [-0.25, -0.2) is 0 Å². The predicted octanol–water partition coefficient (Wildman–Crippen LogP) is 4.63. The molecule has 3 aromatic carbocycles. The summed E-state index contributed by atoms with van der Waals surface area (Å²) in [5.41, 5.74) is 3.45. The number of rotatable bonds is 5. The van der Waals surface area contributed by atoms with Crippen LogP contribution in [0.15, 0.2) is 91.0 Å². The molecule has 0 aliphatic carbocycles. The second-order valence-corrected chi connectivity index (χ2v) is 6.28. The van der Waals surface area contributed by atoms with Crippen LogP contribution < -0.4 is 0 Å². The molecule has 0 aliphatic heterocycles. The van der Waals surface area contributed by atoms with E-state index < -0.39 is 0 Å². The van der Waals surface area contributed by atoms with Crippen LogP contribution >= 0.6 is 0 Å². The van der Waals surface area contributed by atoms with Crippen LogP contribution in [-0.2, 0) is 6.42 Å². The lowest BCUT2D eigenvalue weighted by Crippen LogP contribution is -2.27. The molecular formula is C26H23N. The molecule has 0 saturated carbocycles. The highest BCUT2D eigenvalue weighted by molar-refractivity contribution is 5.35. The van der Waals surface area contributed by atoms with Crippen LogP contribution in [0.2, 0.25) is 0 Å². The van der Waals surface area contributed by atoms with Crippen LogP contribution in [0.25, 0.3) is 0 Å². The van der Waals surface area contributed by atoms with Crippen LogP contribution in [0.3, 0.4) is 0 Å². The topological polar surface area (TPSA) is 3.24 Å². The van der Waals surface area contributed by atoms with Gasteiger partial charge in [0.15, 0.2) is 0 Å².